The molecule has 0 radical (unpaired) electrons. The van der Waals surface area contributed by atoms with E-state index in [1.54, 1.807) is 18.0 Å². The molecule has 1 amide bonds. The molecule has 168 valence electrons. The SMILES string of the molecule is CCOc1ccc(N2C(=O)/C(=C/c3ccccc3OCc3ccc(Cl)cc3)N(C)C2=S)cc1. The zero-order chi connectivity index (χ0) is 23.4. The van der Waals surface area contributed by atoms with Crippen LogP contribution in [-0.2, 0) is 11.4 Å². The second kappa shape index (κ2) is 10.1. The minimum atomic E-state index is -0.195. The number of ether oxygens (including phenoxy) is 2. The summed E-state index contributed by atoms with van der Waals surface area (Å²) in [4.78, 5) is 16.5. The molecular formula is C26H23ClN2O3S. The van der Waals surface area contributed by atoms with E-state index in [-0.39, 0.29) is 5.91 Å². The highest BCUT2D eigenvalue weighted by atomic mass is 35.5. The summed E-state index contributed by atoms with van der Waals surface area (Å²) < 4.78 is 11.5. The van der Waals surface area contributed by atoms with Crippen LogP contribution < -0.4 is 14.4 Å². The Labute approximate surface area is 203 Å². The van der Waals surface area contributed by atoms with Gasteiger partial charge in [0.05, 0.1) is 12.3 Å². The third-order valence-electron chi connectivity index (χ3n) is 5.19. The molecule has 1 fully saturated rings. The highest BCUT2D eigenvalue weighted by molar-refractivity contribution is 7.80. The van der Waals surface area contributed by atoms with Crippen LogP contribution in [0.2, 0.25) is 5.02 Å². The Bertz CT molecular complexity index is 1190. The van der Waals surface area contributed by atoms with Crippen molar-refractivity contribution in [2.45, 2.75) is 13.5 Å². The standard InChI is InChI=1S/C26H23ClN2O3S/c1-3-31-22-14-12-21(13-15-22)29-25(30)23(28(2)26(29)33)16-19-6-4-5-7-24(19)32-17-18-8-10-20(27)11-9-18/h4-16H,3,17H2,1-2H3/b23-16-. The minimum absolute atomic E-state index is 0.195. The number of anilines is 1. The van der Waals surface area contributed by atoms with Gasteiger partial charge in [-0.1, -0.05) is 41.9 Å². The maximum absolute atomic E-state index is 13.3. The minimum Gasteiger partial charge on any atom is -0.494 e. The van der Waals surface area contributed by atoms with Crippen molar-refractivity contribution in [3.63, 3.8) is 0 Å². The molecule has 0 aromatic heterocycles. The van der Waals surface area contributed by atoms with Crippen molar-refractivity contribution in [1.29, 1.82) is 0 Å². The molecule has 4 rings (SSSR count). The molecule has 0 aliphatic carbocycles. The van der Waals surface area contributed by atoms with Gasteiger partial charge in [0, 0.05) is 17.6 Å². The molecule has 0 saturated carbocycles. The maximum atomic E-state index is 13.3. The Morgan fingerprint density at radius 3 is 2.36 bits per heavy atom. The zero-order valence-corrected chi connectivity index (χ0v) is 19.9. The van der Waals surface area contributed by atoms with E-state index in [0.29, 0.717) is 40.5 Å². The predicted molar refractivity (Wildman–Crippen MR) is 136 cm³/mol. The largest absolute Gasteiger partial charge is 0.494 e. The first kappa shape index (κ1) is 22.8. The summed E-state index contributed by atoms with van der Waals surface area (Å²) in [7, 11) is 1.79. The van der Waals surface area contributed by atoms with Crippen LogP contribution in [0.4, 0.5) is 5.69 Å². The van der Waals surface area contributed by atoms with E-state index in [9.17, 15) is 4.79 Å². The summed E-state index contributed by atoms with van der Waals surface area (Å²) in [5, 5.41) is 1.09. The average molecular weight is 479 g/mol. The number of rotatable bonds is 7. The number of carbonyl (C=O) groups excluding carboxylic acids is 1. The van der Waals surface area contributed by atoms with Crippen LogP contribution >= 0.6 is 23.8 Å². The third kappa shape index (κ3) is 5.02. The van der Waals surface area contributed by atoms with E-state index in [2.05, 4.69) is 0 Å². The third-order valence-corrected chi connectivity index (χ3v) is 5.89. The molecule has 0 spiro atoms. The van der Waals surface area contributed by atoms with Gasteiger partial charge < -0.3 is 14.4 Å². The number of carbonyl (C=O) groups is 1. The molecule has 0 bridgehead atoms. The van der Waals surface area contributed by atoms with E-state index in [1.165, 1.54) is 4.90 Å². The number of likely N-dealkylation sites (N-methyl/N-ethyl adjacent to an activating group) is 1. The summed E-state index contributed by atoms with van der Waals surface area (Å²) in [6.45, 7) is 2.89. The number of benzene rings is 3. The Morgan fingerprint density at radius 1 is 0.970 bits per heavy atom. The molecule has 0 unspecified atom stereocenters. The van der Waals surface area contributed by atoms with Crippen molar-refractivity contribution in [2.24, 2.45) is 0 Å². The van der Waals surface area contributed by atoms with Gasteiger partial charge in [-0.15, -0.1) is 0 Å². The van der Waals surface area contributed by atoms with E-state index in [0.717, 1.165) is 16.9 Å². The normalized spacial score (nSPS) is 14.8. The lowest BCUT2D eigenvalue weighted by Gasteiger charge is -2.16. The molecule has 0 N–H and O–H groups in total. The first-order valence-corrected chi connectivity index (χ1v) is 11.3. The van der Waals surface area contributed by atoms with Crippen LogP contribution in [0.25, 0.3) is 6.08 Å². The van der Waals surface area contributed by atoms with Crippen LogP contribution in [0.3, 0.4) is 0 Å². The lowest BCUT2D eigenvalue weighted by atomic mass is 10.1. The highest BCUT2D eigenvalue weighted by Gasteiger charge is 2.37. The second-order valence-electron chi connectivity index (χ2n) is 7.39. The second-order valence-corrected chi connectivity index (χ2v) is 8.19. The number of halogens is 1. The Balaban J connectivity index is 1.58. The van der Waals surface area contributed by atoms with Gasteiger partial charge in [0.15, 0.2) is 5.11 Å². The van der Waals surface area contributed by atoms with E-state index in [4.69, 9.17) is 33.3 Å². The van der Waals surface area contributed by atoms with Crippen molar-refractivity contribution >= 4 is 46.6 Å². The fourth-order valence-electron chi connectivity index (χ4n) is 3.46. The number of amides is 1. The van der Waals surface area contributed by atoms with Gasteiger partial charge in [0.25, 0.3) is 5.91 Å². The molecule has 3 aromatic carbocycles. The van der Waals surface area contributed by atoms with Crippen LogP contribution in [0.1, 0.15) is 18.1 Å². The molecule has 1 heterocycles. The highest BCUT2D eigenvalue weighted by Crippen LogP contribution is 2.31. The zero-order valence-electron chi connectivity index (χ0n) is 18.3. The van der Waals surface area contributed by atoms with Crippen molar-refractivity contribution in [2.75, 3.05) is 18.6 Å². The first-order chi connectivity index (χ1) is 16.0. The van der Waals surface area contributed by atoms with Crippen molar-refractivity contribution in [3.05, 3.63) is 94.6 Å². The van der Waals surface area contributed by atoms with Crippen LogP contribution in [-0.4, -0.2) is 29.6 Å². The number of thiocarbonyl (C=S) groups is 1. The van der Waals surface area contributed by atoms with Crippen molar-refractivity contribution in [1.82, 2.24) is 4.90 Å². The van der Waals surface area contributed by atoms with Gasteiger partial charge in [-0.25, -0.2) is 0 Å². The summed E-state index contributed by atoms with van der Waals surface area (Å²) >= 11 is 11.5. The molecule has 1 saturated heterocycles. The molecule has 1 aliphatic rings. The van der Waals surface area contributed by atoms with Crippen molar-refractivity contribution in [3.8, 4) is 11.5 Å². The lowest BCUT2D eigenvalue weighted by molar-refractivity contribution is -0.114. The smallest absolute Gasteiger partial charge is 0.281 e. The van der Waals surface area contributed by atoms with Crippen molar-refractivity contribution < 1.29 is 14.3 Å². The Morgan fingerprint density at radius 2 is 1.67 bits per heavy atom. The van der Waals surface area contributed by atoms with Gasteiger partial charge in [-0.3, -0.25) is 9.69 Å². The number of nitrogens with zero attached hydrogens (tertiary/aromatic N) is 2. The van der Waals surface area contributed by atoms with Gasteiger partial charge in [0.2, 0.25) is 0 Å². The number of hydrogen-bond donors (Lipinski definition) is 0. The van der Waals surface area contributed by atoms with Crippen LogP contribution in [0.5, 0.6) is 11.5 Å². The monoisotopic (exact) mass is 478 g/mol. The molecule has 5 nitrogen and oxygen atoms in total. The predicted octanol–water partition coefficient (Wildman–Crippen LogP) is 5.92. The molecule has 33 heavy (non-hydrogen) atoms. The van der Waals surface area contributed by atoms with Gasteiger partial charge in [-0.2, -0.15) is 0 Å². The van der Waals surface area contributed by atoms with Gasteiger partial charge in [-0.05, 0) is 73.2 Å². The van der Waals surface area contributed by atoms with E-state index >= 15 is 0 Å². The summed E-state index contributed by atoms with van der Waals surface area (Å²) in [5.74, 6) is 1.22. The van der Waals surface area contributed by atoms with Crippen LogP contribution in [0, 0.1) is 0 Å². The fourth-order valence-corrected chi connectivity index (χ4v) is 3.88. The van der Waals surface area contributed by atoms with Crippen LogP contribution in [0.15, 0.2) is 78.5 Å². The van der Waals surface area contributed by atoms with E-state index in [1.807, 2.05) is 79.7 Å². The molecule has 0 atom stereocenters. The Hall–Kier alpha value is -3.35. The molecule has 7 heteroatoms. The average Bonchev–Trinajstić information content (AvgIpc) is 3.03. The summed E-state index contributed by atoms with van der Waals surface area (Å²) in [6.07, 6.45) is 1.81. The lowest BCUT2D eigenvalue weighted by Crippen LogP contribution is -2.31. The molecule has 3 aromatic rings. The first-order valence-electron chi connectivity index (χ1n) is 10.5. The quantitative estimate of drug-likeness (QED) is 0.311. The molecule has 1 aliphatic heterocycles. The topological polar surface area (TPSA) is 42.0 Å². The maximum Gasteiger partial charge on any atom is 0.281 e. The van der Waals surface area contributed by atoms with Gasteiger partial charge >= 0.3 is 0 Å². The van der Waals surface area contributed by atoms with E-state index < -0.39 is 0 Å². The number of hydrogen-bond acceptors (Lipinski definition) is 4. The number of para-hydroxylation sites is 1. The summed E-state index contributed by atoms with van der Waals surface area (Å²) in [5.41, 5.74) is 2.95. The van der Waals surface area contributed by atoms with Gasteiger partial charge in [0.1, 0.15) is 23.8 Å². The molecular weight excluding hydrogens is 456 g/mol. The Kier molecular flexibility index (Phi) is 6.96. The summed E-state index contributed by atoms with van der Waals surface area (Å²) in [6, 6.07) is 22.4. The fraction of sp³-hybridized carbons (Fsp3) is 0.154.